The van der Waals surface area contributed by atoms with Crippen LogP contribution in [0.4, 0.5) is 0 Å². The molecule has 32 heavy (non-hydrogen) atoms. The number of hydrogen-bond donors (Lipinski definition) is 1. The normalized spacial score (nSPS) is 13.2. The van der Waals surface area contributed by atoms with Crippen LogP contribution < -0.4 is 10.1 Å². The van der Waals surface area contributed by atoms with Crippen LogP contribution in [0.25, 0.3) is 11.3 Å². The zero-order valence-corrected chi connectivity index (χ0v) is 17.8. The summed E-state index contributed by atoms with van der Waals surface area (Å²) in [4.78, 5) is 13.2. The average Bonchev–Trinajstić information content (AvgIpc) is 3.41. The topological polar surface area (TPSA) is 86.9 Å². The molecule has 1 saturated carbocycles. The average molecular weight is 428 g/mol. The van der Waals surface area contributed by atoms with Crippen LogP contribution >= 0.6 is 0 Å². The zero-order chi connectivity index (χ0) is 21.9. The minimum Gasteiger partial charge on any atom is -0.497 e. The molecule has 0 aliphatic heterocycles. The number of amides is 1. The van der Waals surface area contributed by atoms with Crippen molar-refractivity contribution < 1.29 is 9.53 Å². The van der Waals surface area contributed by atoms with E-state index in [9.17, 15) is 4.79 Å². The van der Waals surface area contributed by atoms with Gasteiger partial charge in [0, 0.05) is 17.8 Å². The maximum atomic E-state index is 13.2. The summed E-state index contributed by atoms with van der Waals surface area (Å²) in [7, 11) is 1.62. The number of benzene rings is 2. The number of carbonyl (C=O) groups excluding carboxylic acids is 1. The third-order valence-corrected chi connectivity index (χ3v) is 5.53. The number of ether oxygens (including phenoxy) is 1. The summed E-state index contributed by atoms with van der Waals surface area (Å²) in [5.41, 5.74) is 3.05. The molecule has 1 amide bonds. The van der Waals surface area contributed by atoms with Gasteiger partial charge in [-0.25, -0.2) is 0 Å². The zero-order valence-electron chi connectivity index (χ0n) is 17.8. The lowest BCUT2D eigenvalue weighted by atomic mass is 10.1. The fourth-order valence-electron chi connectivity index (χ4n) is 3.73. The van der Waals surface area contributed by atoms with Crippen molar-refractivity contribution in [3.8, 4) is 17.0 Å². The Kier molecular flexibility index (Phi) is 5.41. The molecular weight excluding hydrogens is 404 g/mol. The first kappa shape index (κ1) is 20.0. The van der Waals surface area contributed by atoms with E-state index < -0.39 is 0 Å². The molecular formula is C24H24N6O2. The van der Waals surface area contributed by atoms with E-state index in [0.717, 1.165) is 29.8 Å². The van der Waals surface area contributed by atoms with E-state index in [1.54, 1.807) is 24.3 Å². The molecule has 0 unspecified atom stereocenters. The number of hydrogen-bond acceptors (Lipinski definition) is 5. The predicted molar refractivity (Wildman–Crippen MR) is 119 cm³/mol. The molecule has 2 aromatic heterocycles. The summed E-state index contributed by atoms with van der Waals surface area (Å²) in [6, 6.07) is 18.1. The minimum atomic E-state index is -0.201. The Morgan fingerprint density at radius 1 is 1.16 bits per heavy atom. The van der Waals surface area contributed by atoms with Gasteiger partial charge in [0.1, 0.15) is 17.8 Å². The second-order valence-electron chi connectivity index (χ2n) is 7.87. The third kappa shape index (κ3) is 4.25. The molecule has 8 heteroatoms. The highest BCUT2D eigenvalue weighted by atomic mass is 16.5. The molecule has 0 radical (unpaired) electrons. The molecule has 1 aliphatic rings. The highest BCUT2D eigenvalue weighted by Gasteiger charge is 2.26. The number of nitrogens with one attached hydrogen (secondary N) is 1. The summed E-state index contributed by atoms with van der Waals surface area (Å²) in [5.74, 6) is 1.27. The molecule has 1 N–H and O–H groups in total. The molecule has 5 rings (SSSR count). The summed E-state index contributed by atoms with van der Waals surface area (Å²) >= 11 is 0. The van der Waals surface area contributed by atoms with Crippen LogP contribution in [0.15, 0.2) is 67.1 Å². The fourth-order valence-corrected chi connectivity index (χ4v) is 3.73. The van der Waals surface area contributed by atoms with Gasteiger partial charge in [-0.3, -0.25) is 9.48 Å². The summed E-state index contributed by atoms with van der Waals surface area (Å²) in [6.45, 7) is 0.887. The lowest BCUT2D eigenvalue weighted by Crippen LogP contribution is -2.25. The van der Waals surface area contributed by atoms with Crippen LogP contribution in [-0.4, -0.2) is 37.6 Å². The van der Waals surface area contributed by atoms with Crippen molar-refractivity contribution in [3.05, 3.63) is 84.1 Å². The molecule has 1 aliphatic carbocycles. The van der Waals surface area contributed by atoms with Gasteiger partial charge in [0.25, 0.3) is 5.91 Å². The molecule has 8 nitrogen and oxygen atoms in total. The molecule has 2 heterocycles. The van der Waals surface area contributed by atoms with Gasteiger partial charge in [0.15, 0.2) is 5.82 Å². The number of methoxy groups -OCH3 is 1. The first-order valence-electron chi connectivity index (χ1n) is 10.6. The van der Waals surface area contributed by atoms with E-state index in [1.807, 2.05) is 59.2 Å². The summed E-state index contributed by atoms with van der Waals surface area (Å²) in [5, 5.41) is 15.9. The second-order valence-corrected chi connectivity index (χ2v) is 7.87. The van der Waals surface area contributed by atoms with Crippen LogP contribution in [0.5, 0.6) is 5.75 Å². The Morgan fingerprint density at radius 2 is 2.00 bits per heavy atom. The van der Waals surface area contributed by atoms with Crippen LogP contribution in [0.2, 0.25) is 0 Å². The molecule has 162 valence electrons. The van der Waals surface area contributed by atoms with Gasteiger partial charge in [-0.15, -0.1) is 10.2 Å². The monoisotopic (exact) mass is 428 g/mol. The fraction of sp³-hybridized carbons (Fsp3) is 0.250. The molecule has 0 bridgehead atoms. The first-order valence-corrected chi connectivity index (χ1v) is 10.6. The van der Waals surface area contributed by atoms with Crippen LogP contribution in [-0.2, 0) is 13.1 Å². The number of rotatable bonds is 8. The van der Waals surface area contributed by atoms with Gasteiger partial charge in [0.2, 0.25) is 0 Å². The van der Waals surface area contributed by atoms with Crippen LogP contribution in [0.3, 0.4) is 0 Å². The minimum absolute atomic E-state index is 0.201. The quantitative estimate of drug-likeness (QED) is 0.464. The molecule has 0 saturated heterocycles. The van der Waals surface area contributed by atoms with Crippen LogP contribution in [0, 0.1) is 0 Å². The lowest BCUT2D eigenvalue weighted by molar-refractivity contribution is 0.0950. The Labute approximate surface area is 185 Å². The SMILES string of the molecule is COc1cccc(-c2nn(Cc3ccccc3)cc2C(=O)NCc2nncn2C2CC2)c1. The number of aromatic nitrogens is 5. The molecule has 4 aromatic rings. The van der Waals surface area contributed by atoms with Crippen molar-refractivity contribution in [3.63, 3.8) is 0 Å². The Hall–Kier alpha value is -3.94. The summed E-state index contributed by atoms with van der Waals surface area (Å²) in [6.07, 6.45) is 5.79. The van der Waals surface area contributed by atoms with Crippen molar-refractivity contribution >= 4 is 5.91 Å². The standard InChI is InChI=1S/C24H24N6O2/c1-32-20-9-5-8-18(12-20)23-21(15-29(28-23)14-17-6-3-2-4-7-17)24(31)25-13-22-27-26-16-30(22)19-10-11-19/h2-9,12,15-16,19H,10-11,13-14H2,1H3,(H,25,31). The Bertz CT molecular complexity index is 1230. The van der Waals surface area contributed by atoms with Gasteiger partial charge in [-0.2, -0.15) is 5.10 Å². The van der Waals surface area contributed by atoms with Crippen molar-refractivity contribution in [1.82, 2.24) is 29.9 Å². The molecule has 1 fully saturated rings. The molecule has 0 atom stereocenters. The highest BCUT2D eigenvalue weighted by molar-refractivity contribution is 5.99. The Balaban J connectivity index is 1.43. The van der Waals surface area contributed by atoms with E-state index in [-0.39, 0.29) is 5.91 Å². The van der Waals surface area contributed by atoms with E-state index >= 15 is 0 Å². The predicted octanol–water partition coefficient (Wildman–Crippen LogP) is 3.46. The van der Waals surface area contributed by atoms with Gasteiger partial charge in [-0.05, 0) is 30.5 Å². The molecule has 2 aromatic carbocycles. The van der Waals surface area contributed by atoms with E-state index in [4.69, 9.17) is 9.84 Å². The van der Waals surface area contributed by atoms with Gasteiger partial charge in [-0.1, -0.05) is 42.5 Å². The third-order valence-electron chi connectivity index (χ3n) is 5.53. The van der Waals surface area contributed by atoms with E-state index in [0.29, 0.717) is 36.1 Å². The summed E-state index contributed by atoms with van der Waals surface area (Å²) < 4.78 is 9.21. The largest absolute Gasteiger partial charge is 0.497 e. The Morgan fingerprint density at radius 3 is 2.78 bits per heavy atom. The molecule has 0 spiro atoms. The van der Waals surface area contributed by atoms with E-state index in [2.05, 4.69) is 15.5 Å². The number of carbonyl (C=O) groups is 1. The highest BCUT2D eigenvalue weighted by Crippen LogP contribution is 2.35. The van der Waals surface area contributed by atoms with Crippen molar-refractivity contribution in [2.45, 2.75) is 32.0 Å². The maximum absolute atomic E-state index is 13.2. The van der Waals surface area contributed by atoms with E-state index in [1.165, 1.54) is 0 Å². The maximum Gasteiger partial charge on any atom is 0.255 e. The smallest absolute Gasteiger partial charge is 0.255 e. The van der Waals surface area contributed by atoms with Crippen molar-refractivity contribution in [2.75, 3.05) is 7.11 Å². The van der Waals surface area contributed by atoms with Crippen LogP contribution in [0.1, 0.15) is 40.6 Å². The van der Waals surface area contributed by atoms with Gasteiger partial charge >= 0.3 is 0 Å². The lowest BCUT2D eigenvalue weighted by Gasteiger charge is -2.07. The van der Waals surface area contributed by atoms with Gasteiger partial charge in [0.05, 0.1) is 25.8 Å². The van der Waals surface area contributed by atoms with Crippen molar-refractivity contribution in [1.29, 1.82) is 0 Å². The van der Waals surface area contributed by atoms with Gasteiger partial charge < -0.3 is 14.6 Å². The van der Waals surface area contributed by atoms with Crippen molar-refractivity contribution in [2.24, 2.45) is 0 Å². The number of nitrogens with zero attached hydrogens (tertiary/aromatic N) is 5. The second kappa shape index (κ2) is 8.66. The first-order chi connectivity index (χ1) is 15.7.